The van der Waals surface area contributed by atoms with E-state index in [4.69, 9.17) is 0 Å². The Morgan fingerprint density at radius 1 is 0.654 bits per heavy atom. The minimum Gasteiger partial charge on any atom is -0.373 e. The normalized spacial score (nSPS) is 10.8. The lowest BCUT2D eigenvalue weighted by Gasteiger charge is -2.21. The number of hydrogen-bond donors (Lipinski definition) is 0. The molecule has 3 aromatic heterocycles. The highest BCUT2D eigenvalue weighted by Gasteiger charge is 2.05. The molecule has 0 saturated carbocycles. The first-order valence-electron chi connectivity index (χ1n) is 8.62. The quantitative estimate of drug-likeness (QED) is 0.625. The smallest absolute Gasteiger partial charge is 0.0601 e. The van der Waals surface area contributed by atoms with Crippen LogP contribution in [0.25, 0.3) is 0 Å². The Labute approximate surface area is 154 Å². The van der Waals surface area contributed by atoms with Crippen molar-refractivity contribution in [3.05, 3.63) is 103 Å². The van der Waals surface area contributed by atoms with Gasteiger partial charge >= 0.3 is 0 Å². The molecule has 3 heterocycles. The molecule has 0 aliphatic carbocycles. The third-order valence-electron chi connectivity index (χ3n) is 3.85. The van der Waals surface area contributed by atoms with Crippen LogP contribution in [0.2, 0.25) is 0 Å². The van der Waals surface area contributed by atoms with Crippen LogP contribution in [-0.2, 0) is 19.6 Å². The first kappa shape index (κ1) is 17.6. The van der Waals surface area contributed by atoms with E-state index >= 15 is 0 Å². The zero-order chi connectivity index (χ0) is 18.0. The molecule has 0 amide bonds. The van der Waals surface area contributed by atoms with Crippen LogP contribution in [0.3, 0.4) is 0 Å². The second-order valence-corrected chi connectivity index (χ2v) is 6.08. The maximum absolute atomic E-state index is 4.44. The molecule has 5 heteroatoms. The van der Waals surface area contributed by atoms with E-state index in [1.54, 1.807) is 0 Å². The van der Waals surface area contributed by atoms with Crippen LogP contribution in [0.15, 0.2) is 85.6 Å². The Morgan fingerprint density at radius 2 is 1.12 bits per heavy atom. The maximum Gasteiger partial charge on any atom is 0.0601 e. The summed E-state index contributed by atoms with van der Waals surface area (Å²) < 4.78 is 0. The first-order valence-corrected chi connectivity index (χ1v) is 8.62. The van der Waals surface area contributed by atoms with Gasteiger partial charge in [0.2, 0.25) is 0 Å². The molecule has 0 aliphatic heterocycles. The van der Waals surface area contributed by atoms with Crippen LogP contribution in [-0.4, -0.2) is 31.8 Å². The molecular weight excluding hydrogens is 322 g/mol. The molecule has 132 valence electrons. The molecule has 0 unspecified atom stereocenters. The maximum atomic E-state index is 4.44. The number of hydrogen-bond acceptors (Lipinski definition) is 5. The van der Waals surface area contributed by atoms with Gasteiger partial charge in [0.25, 0.3) is 0 Å². The molecule has 0 saturated heterocycles. The lowest BCUT2D eigenvalue weighted by atomic mass is 10.3. The van der Waals surface area contributed by atoms with Gasteiger partial charge in [0, 0.05) is 38.0 Å². The van der Waals surface area contributed by atoms with Crippen molar-refractivity contribution in [2.45, 2.75) is 19.6 Å². The Bertz CT molecular complexity index is 749. The molecule has 3 rings (SSSR count). The van der Waals surface area contributed by atoms with E-state index < -0.39 is 0 Å². The highest BCUT2D eigenvalue weighted by Crippen LogP contribution is 2.08. The number of pyridine rings is 3. The van der Waals surface area contributed by atoms with Gasteiger partial charge in [-0.2, -0.15) is 0 Å². The average Bonchev–Trinajstić information content (AvgIpc) is 2.68. The lowest BCUT2D eigenvalue weighted by Crippen LogP contribution is -2.20. The van der Waals surface area contributed by atoms with Crippen LogP contribution >= 0.6 is 0 Å². The van der Waals surface area contributed by atoms with Crippen LogP contribution in [0.5, 0.6) is 0 Å². The fourth-order valence-electron chi connectivity index (χ4n) is 2.57. The summed E-state index contributed by atoms with van der Waals surface area (Å²) >= 11 is 0. The predicted molar refractivity (Wildman–Crippen MR) is 103 cm³/mol. The lowest BCUT2D eigenvalue weighted by molar-refractivity contribution is 0.338. The summed E-state index contributed by atoms with van der Waals surface area (Å²) in [5.41, 5.74) is 3.10. The van der Waals surface area contributed by atoms with Gasteiger partial charge < -0.3 is 9.80 Å². The summed E-state index contributed by atoms with van der Waals surface area (Å²) in [7, 11) is 2.05. The van der Waals surface area contributed by atoms with E-state index in [0.717, 1.165) is 36.7 Å². The summed E-state index contributed by atoms with van der Waals surface area (Å²) in [6.07, 6.45) is 9.63. The second-order valence-electron chi connectivity index (χ2n) is 6.08. The van der Waals surface area contributed by atoms with E-state index in [9.17, 15) is 0 Å². The zero-order valence-corrected chi connectivity index (χ0v) is 14.9. The van der Waals surface area contributed by atoms with Crippen LogP contribution in [0.4, 0.5) is 0 Å². The highest BCUT2D eigenvalue weighted by molar-refractivity contribution is 5.08. The van der Waals surface area contributed by atoms with Gasteiger partial charge in [-0.1, -0.05) is 18.2 Å². The molecule has 0 spiro atoms. The molecular formula is C21H23N5. The van der Waals surface area contributed by atoms with Crippen LogP contribution < -0.4 is 0 Å². The SMILES string of the molecule is CN(/C=C/N(Cc1ccccn1)Cc1ccccn1)Cc1ccccn1. The molecule has 0 fully saturated rings. The third kappa shape index (κ3) is 5.70. The molecule has 26 heavy (non-hydrogen) atoms. The first-order chi connectivity index (χ1) is 12.8. The Morgan fingerprint density at radius 3 is 1.54 bits per heavy atom. The largest absolute Gasteiger partial charge is 0.373 e. The zero-order valence-electron chi connectivity index (χ0n) is 14.9. The summed E-state index contributed by atoms with van der Waals surface area (Å²) in [4.78, 5) is 17.6. The van der Waals surface area contributed by atoms with E-state index in [1.165, 1.54) is 0 Å². The van der Waals surface area contributed by atoms with Gasteiger partial charge in [0.15, 0.2) is 0 Å². The van der Waals surface area contributed by atoms with Gasteiger partial charge in [-0.25, -0.2) is 0 Å². The van der Waals surface area contributed by atoms with Crippen molar-refractivity contribution in [1.29, 1.82) is 0 Å². The van der Waals surface area contributed by atoms with Crippen molar-refractivity contribution in [2.24, 2.45) is 0 Å². The third-order valence-corrected chi connectivity index (χ3v) is 3.85. The number of nitrogens with zero attached hydrogens (tertiary/aromatic N) is 5. The Balaban J connectivity index is 1.67. The average molecular weight is 345 g/mol. The predicted octanol–water partition coefficient (Wildman–Crippen LogP) is 3.48. The monoisotopic (exact) mass is 345 g/mol. The number of aromatic nitrogens is 3. The van der Waals surface area contributed by atoms with Crippen molar-refractivity contribution in [3.63, 3.8) is 0 Å². The van der Waals surface area contributed by atoms with Crippen molar-refractivity contribution in [3.8, 4) is 0 Å². The molecule has 3 aromatic rings. The van der Waals surface area contributed by atoms with Crippen molar-refractivity contribution < 1.29 is 0 Å². The molecule has 5 nitrogen and oxygen atoms in total. The van der Waals surface area contributed by atoms with Gasteiger partial charge in [0.1, 0.15) is 0 Å². The second kappa shape index (κ2) is 9.32. The summed E-state index contributed by atoms with van der Waals surface area (Å²) in [6.45, 7) is 2.22. The minimum absolute atomic E-state index is 0.728. The van der Waals surface area contributed by atoms with Crippen molar-refractivity contribution in [2.75, 3.05) is 7.05 Å². The van der Waals surface area contributed by atoms with Gasteiger partial charge in [-0.3, -0.25) is 15.0 Å². The van der Waals surface area contributed by atoms with Gasteiger partial charge in [-0.15, -0.1) is 0 Å². The summed E-state index contributed by atoms with van der Waals surface area (Å²) in [5, 5.41) is 0. The van der Waals surface area contributed by atoms with Crippen molar-refractivity contribution >= 4 is 0 Å². The van der Waals surface area contributed by atoms with E-state index in [0.29, 0.717) is 0 Å². The van der Waals surface area contributed by atoms with Crippen molar-refractivity contribution in [1.82, 2.24) is 24.8 Å². The molecule has 0 radical (unpaired) electrons. The molecule has 0 aromatic carbocycles. The highest BCUT2D eigenvalue weighted by atomic mass is 15.2. The Kier molecular flexibility index (Phi) is 6.31. The topological polar surface area (TPSA) is 45.2 Å². The molecule has 0 N–H and O–H groups in total. The standard InChI is InChI=1S/C21H23N5/c1-25(16-19-8-2-5-11-22-19)14-15-26(17-20-9-3-6-12-23-20)18-21-10-4-7-13-24-21/h2-15H,16-18H2,1H3/b15-14+. The van der Waals surface area contributed by atoms with Gasteiger partial charge in [-0.05, 0) is 36.4 Å². The van der Waals surface area contributed by atoms with Crippen LogP contribution in [0.1, 0.15) is 17.1 Å². The van der Waals surface area contributed by atoms with E-state index in [2.05, 4.69) is 37.2 Å². The van der Waals surface area contributed by atoms with E-state index in [-0.39, 0.29) is 0 Å². The molecule has 0 aliphatic rings. The fourth-order valence-corrected chi connectivity index (χ4v) is 2.57. The fraction of sp³-hybridized carbons (Fsp3) is 0.190. The summed E-state index contributed by atoms with van der Waals surface area (Å²) in [5.74, 6) is 0. The molecule has 0 bridgehead atoms. The van der Waals surface area contributed by atoms with Gasteiger partial charge in [0.05, 0.1) is 36.7 Å². The molecule has 0 atom stereocenters. The van der Waals surface area contributed by atoms with E-state index in [1.807, 2.05) is 80.2 Å². The van der Waals surface area contributed by atoms with Crippen LogP contribution in [0, 0.1) is 0 Å². The minimum atomic E-state index is 0.728. The number of rotatable bonds is 8. The Hall–Kier alpha value is -3.21. The summed E-state index contributed by atoms with van der Waals surface area (Å²) in [6, 6.07) is 17.9.